The van der Waals surface area contributed by atoms with Crippen LogP contribution in [0.1, 0.15) is 44.7 Å². The topological polar surface area (TPSA) is 29.5 Å². The van der Waals surface area contributed by atoms with E-state index in [0.717, 1.165) is 28.0 Å². The summed E-state index contributed by atoms with van der Waals surface area (Å²) in [5.41, 5.74) is 9.33. The van der Waals surface area contributed by atoms with Crippen molar-refractivity contribution in [2.75, 3.05) is 7.11 Å². The van der Waals surface area contributed by atoms with Gasteiger partial charge < -0.3 is 9.84 Å². The van der Waals surface area contributed by atoms with E-state index in [1.54, 1.807) is 7.11 Å². The van der Waals surface area contributed by atoms with Crippen LogP contribution in [-0.4, -0.2) is 12.2 Å². The molecule has 1 N–H and O–H groups in total. The average Bonchev–Trinajstić information content (AvgIpc) is 2.80. The molecular formula is C23H26O2. The molecule has 25 heavy (non-hydrogen) atoms. The quantitative estimate of drug-likeness (QED) is 0.730. The smallest absolute Gasteiger partial charge is 0.126 e. The molecule has 0 spiro atoms. The van der Waals surface area contributed by atoms with Crippen LogP contribution in [0.3, 0.4) is 0 Å². The van der Waals surface area contributed by atoms with Crippen LogP contribution in [0.2, 0.25) is 0 Å². The molecular weight excluding hydrogens is 308 g/mol. The van der Waals surface area contributed by atoms with Crippen LogP contribution in [0.5, 0.6) is 11.5 Å². The minimum Gasteiger partial charge on any atom is -0.507 e. The minimum absolute atomic E-state index is 0.186. The Balaban J connectivity index is 2.33. The Hall–Kier alpha value is -2.48. The summed E-state index contributed by atoms with van der Waals surface area (Å²) in [7, 11) is 1.71. The van der Waals surface area contributed by atoms with E-state index in [9.17, 15) is 5.11 Å². The second-order valence-electron chi connectivity index (χ2n) is 6.94. The Kier molecular flexibility index (Phi) is 4.47. The molecule has 2 nitrogen and oxygen atoms in total. The number of rotatable bonds is 3. The summed E-state index contributed by atoms with van der Waals surface area (Å²) in [6.07, 6.45) is 0. The van der Waals surface area contributed by atoms with Crippen molar-refractivity contribution in [1.29, 1.82) is 0 Å². The molecule has 0 atom stereocenters. The molecule has 0 radical (unpaired) electrons. The number of phenolic OH excluding ortho intramolecular Hbond substituents is 1. The summed E-state index contributed by atoms with van der Waals surface area (Å²) < 4.78 is 5.73. The second kappa shape index (κ2) is 6.44. The fraction of sp³-hybridized carbons (Fsp3) is 0.304. The Morgan fingerprint density at radius 2 is 1.36 bits per heavy atom. The molecule has 3 rings (SSSR count). The third-order valence-corrected chi connectivity index (χ3v) is 5.71. The van der Waals surface area contributed by atoms with Crippen molar-refractivity contribution in [2.45, 2.75) is 40.5 Å². The van der Waals surface area contributed by atoms with Gasteiger partial charge in [0.05, 0.1) is 7.11 Å². The molecule has 0 saturated heterocycles. The maximum atomic E-state index is 10.7. The molecule has 0 heterocycles. The highest BCUT2D eigenvalue weighted by Gasteiger charge is 2.30. The molecule has 130 valence electrons. The van der Waals surface area contributed by atoms with E-state index in [0.29, 0.717) is 5.75 Å². The van der Waals surface area contributed by atoms with Crippen LogP contribution >= 0.6 is 0 Å². The minimum atomic E-state index is 0.186. The van der Waals surface area contributed by atoms with Crippen LogP contribution in [0, 0.1) is 6.92 Å². The first-order valence-corrected chi connectivity index (χ1v) is 8.69. The normalized spacial score (nSPS) is 15.3. The van der Waals surface area contributed by atoms with Gasteiger partial charge >= 0.3 is 0 Å². The van der Waals surface area contributed by atoms with Crippen molar-refractivity contribution in [1.82, 2.24) is 0 Å². The SMILES string of the molecule is COc1cccc(-c2cccc(C)c2O)c1C1C(C)=C(C)C(C)=C1C. The lowest BCUT2D eigenvalue weighted by molar-refractivity contribution is 0.409. The highest BCUT2D eigenvalue weighted by molar-refractivity contribution is 5.79. The molecule has 2 aromatic carbocycles. The number of phenols is 1. The predicted molar refractivity (Wildman–Crippen MR) is 104 cm³/mol. The third-order valence-electron chi connectivity index (χ3n) is 5.71. The summed E-state index contributed by atoms with van der Waals surface area (Å²) in [6, 6.07) is 12.0. The van der Waals surface area contributed by atoms with E-state index in [4.69, 9.17) is 4.74 Å². The fourth-order valence-corrected chi connectivity index (χ4v) is 3.91. The lowest BCUT2D eigenvalue weighted by Crippen LogP contribution is -2.05. The fourth-order valence-electron chi connectivity index (χ4n) is 3.91. The van der Waals surface area contributed by atoms with Gasteiger partial charge in [0.2, 0.25) is 0 Å². The number of hydrogen-bond donors (Lipinski definition) is 1. The standard InChI is InChI=1S/C23H26O2/c1-13-9-7-11-19(23(13)24)18-10-8-12-20(25-6)22(18)21-16(4)14(2)15(3)17(21)5/h7-12,21,24H,1-6H3. The number of benzene rings is 2. The zero-order valence-corrected chi connectivity index (χ0v) is 15.9. The molecule has 0 unspecified atom stereocenters. The number of allylic oxidation sites excluding steroid dienone is 4. The molecule has 0 aromatic heterocycles. The van der Waals surface area contributed by atoms with Gasteiger partial charge in [0.1, 0.15) is 11.5 Å². The molecule has 0 amide bonds. The van der Waals surface area contributed by atoms with E-state index in [1.165, 1.54) is 22.3 Å². The number of methoxy groups -OCH3 is 1. The molecule has 0 aliphatic heterocycles. The van der Waals surface area contributed by atoms with Crippen LogP contribution < -0.4 is 4.74 Å². The van der Waals surface area contributed by atoms with Gasteiger partial charge in [-0.05, 0) is 63.0 Å². The predicted octanol–water partition coefficient (Wildman–Crippen LogP) is 6.15. The van der Waals surface area contributed by atoms with Crippen LogP contribution in [0.15, 0.2) is 58.7 Å². The molecule has 2 aromatic rings. The number of ether oxygens (including phenoxy) is 1. The van der Waals surface area contributed by atoms with Crippen molar-refractivity contribution >= 4 is 0 Å². The number of aryl methyl sites for hydroxylation is 1. The first-order valence-electron chi connectivity index (χ1n) is 8.69. The molecule has 1 aliphatic carbocycles. The highest BCUT2D eigenvalue weighted by atomic mass is 16.5. The summed E-state index contributed by atoms with van der Waals surface area (Å²) in [5, 5.41) is 10.7. The Bertz CT molecular complexity index is 876. The van der Waals surface area contributed by atoms with E-state index in [1.807, 2.05) is 37.3 Å². The van der Waals surface area contributed by atoms with Crippen LogP contribution in [0.4, 0.5) is 0 Å². The van der Waals surface area contributed by atoms with E-state index in [-0.39, 0.29) is 5.92 Å². The molecule has 0 bridgehead atoms. The van der Waals surface area contributed by atoms with Crippen LogP contribution in [0.25, 0.3) is 11.1 Å². The zero-order valence-electron chi connectivity index (χ0n) is 15.9. The third kappa shape index (κ3) is 2.66. The average molecular weight is 334 g/mol. The van der Waals surface area contributed by atoms with E-state index >= 15 is 0 Å². The summed E-state index contributed by atoms with van der Waals surface area (Å²) in [4.78, 5) is 0. The number of aromatic hydroxyl groups is 1. The largest absolute Gasteiger partial charge is 0.507 e. The highest BCUT2D eigenvalue weighted by Crippen LogP contribution is 2.50. The molecule has 1 aliphatic rings. The van der Waals surface area contributed by atoms with Crippen molar-refractivity contribution in [3.63, 3.8) is 0 Å². The maximum Gasteiger partial charge on any atom is 0.126 e. The number of para-hydroxylation sites is 1. The van der Waals surface area contributed by atoms with Gasteiger partial charge in [0.25, 0.3) is 0 Å². The molecule has 0 saturated carbocycles. The van der Waals surface area contributed by atoms with Gasteiger partial charge in [-0.1, -0.05) is 41.5 Å². The summed E-state index contributed by atoms with van der Waals surface area (Å²) in [5.74, 6) is 1.39. The van der Waals surface area contributed by atoms with Gasteiger partial charge in [-0.2, -0.15) is 0 Å². The Morgan fingerprint density at radius 3 is 1.96 bits per heavy atom. The maximum absolute atomic E-state index is 10.7. The van der Waals surface area contributed by atoms with Crippen molar-refractivity contribution < 1.29 is 9.84 Å². The Labute approximate surface area is 150 Å². The Morgan fingerprint density at radius 1 is 0.800 bits per heavy atom. The number of hydrogen-bond acceptors (Lipinski definition) is 2. The molecule has 2 heteroatoms. The van der Waals surface area contributed by atoms with Gasteiger partial charge in [-0.15, -0.1) is 0 Å². The van der Waals surface area contributed by atoms with E-state index < -0.39 is 0 Å². The second-order valence-corrected chi connectivity index (χ2v) is 6.94. The van der Waals surface area contributed by atoms with Gasteiger partial charge in [0.15, 0.2) is 0 Å². The van der Waals surface area contributed by atoms with Gasteiger partial charge in [-0.3, -0.25) is 0 Å². The lowest BCUT2D eigenvalue weighted by atomic mass is 9.83. The first-order chi connectivity index (χ1) is 11.9. The molecule has 0 fully saturated rings. The van der Waals surface area contributed by atoms with Crippen molar-refractivity contribution in [2.24, 2.45) is 0 Å². The van der Waals surface area contributed by atoms with Crippen molar-refractivity contribution in [3.8, 4) is 22.6 Å². The van der Waals surface area contributed by atoms with Gasteiger partial charge in [-0.25, -0.2) is 0 Å². The van der Waals surface area contributed by atoms with Gasteiger partial charge in [0, 0.05) is 17.0 Å². The monoisotopic (exact) mass is 334 g/mol. The summed E-state index contributed by atoms with van der Waals surface area (Å²) in [6.45, 7) is 10.7. The zero-order chi connectivity index (χ0) is 18.3. The lowest BCUT2D eigenvalue weighted by Gasteiger charge is -2.23. The van der Waals surface area contributed by atoms with Crippen molar-refractivity contribution in [3.05, 3.63) is 69.8 Å². The first kappa shape index (κ1) is 17.3. The van der Waals surface area contributed by atoms with Crippen LogP contribution in [-0.2, 0) is 0 Å². The van der Waals surface area contributed by atoms with E-state index in [2.05, 4.69) is 33.8 Å². The summed E-state index contributed by atoms with van der Waals surface area (Å²) >= 11 is 0.